The van der Waals surface area contributed by atoms with Crippen LogP contribution in [-0.2, 0) is 9.53 Å². The minimum absolute atomic E-state index is 0.195. The molecule has 6 heteroatoms. The van der Waals surface area contributed by atoms with Crippen molar-refractivity contribution in [1.82, 2.24) is 0 Å². The zero-order chi connectivity index (χ0) is 15.8. The van der Waals surface area contributed by atoms with Crippen molar-refractivity contribution in [2.24, 2.45) is 4.99 Å². The van der Waals surface area contributed by atoms with Crippen molar-refractivity contribution in [2.75, 3.05) is 6.79 Å². The molecule has 0 aliphatic carbocycles. The quantitative estimate of drug-likeness (QED) is 0.598. The summed E-state index contributed by atoms with van der Waals surface area (Å²) in [5.74, 6) is 1.13. The van der Waals surface area contributed by atoms with Crippen molar-refractivity contribution < 1.29 is 19.0 Å². The fourth-order valence-electron chi connectivity index (χ4n) is 2.30. The molecule has 2 aromatic rings. The van der Waals surface area contributed by atoms with E-state index in [1.165, 1.54) is 0 Å². The van der Waals surface area contributed by atoms with Gasteiger partial charge in [-0.2, -0.15) is 0 Å². The number of halogens is 1. The van der Waals surface area contributed by atoms with Crippen molar-refractivity contribution in [3.8, 4) is 11.5 Å². The van der Waals surface area contributed by atoms with Gasteiger partial charge in [-0.25, -0.2) is 9.79 Å². The SMILES string of the molecule is O=C1OC(c2ccccc2)=N/C1=C/c1cc2c(cc1Br)OCO2. The van der Waals surface area contributed by atoms with E-state index in [1.807, 2.05) is 30.3 Å². The molecule has 0 N–H and O–H groups in total. The van der Waals surface area contributed by atoms with E-state index in [9.17, 15) is 4.79 Å². The number of nitrogens with zero attached hydrogens (tertiary/aromatic N) is 1. The molecule has 0 fully saturated rings. The maximum Gasteiger partial charge on any atom is 0.363 e. The first-order valence-electron chi connectivity index (χ1n) is 6.88. The molecule has 2 aliphatic rings. The second kappa shape index (κ2) is 5.55. The predicted octanol–water partition coefficient (Wildman–Crippen LogP) is 3.52. The lowest BCUT2D eigenvalue weighted by molar-refractivity contribution is -0.129. The largest absolute Gasteiger partial charge is 0.454 e. The van der Waals surface area contributed by atoms with Gasteiger partial charge in [0.1, 0.15) is 0 Å². The first-order valence-corrected chi connectivity index (χ1v) is 7.67. The van der Waals surface area contributed by atoms with Crippen molar-refractivity contribution in [2.45, 2.75) is 0 Å². The Morgan fingerprint density at radius 2 is 1.83 bits per heavy atom. The van der Waals surface area contributed by atoms with Crippen LogP contribution in [-0.4, -0.2) is 18.7 Å². The summed E-state index contributed by atoms with van der Waals surface area (Å²) in [4.78, 5) is 16.3. The van der Waals surface area contributed by atoms with Gasteiger partial charge in [0.05, 0.1) is 0 Å². The molecule has 2 aromatic carbocycles. The zero-order valence-electron chi connectivity index (χ0n) is 11.8. The maximum atomic E-state index is 12.0. The van der Waals surface area contributed by atoms with Crippen LogP contribution >= 0.6 is 15.9 Å². The molecule has 2 aliphatic heterocycles. The van der Waals surface area contributed by atoms with E-state index in [0.29, 0.717) is 17.4 Å². The molecule has 0 atom stereocenters. The first kappa shape index (κ1) is 14.0. The Kier molecular flexibility index (Phi) is 3.38. The average Bonchev–Trinajstić information content (AvgIpc) is 3.15. The lowest BCUT2D eigenvalue weighted by Gasteiger charge is -2.02. The minimum Gasteiger partial charge on any atom is -0.454 e. The third kappa shape index (κ3) is 2.61. The van der Waals surface area contributed by atoms with E-state index in [0.717, 1.165) is 15.6 Å². The average molecular weight is 372 g/mol. The van der Waals surface area contributed by atoms with Gasteiger partial charge in [-0.15, -0.1) is 0 Å². The lowest BCUT2D eigenvalue weighted by atomic mass is 10.1. The minimum atomic E-state index is -0.478. The highest BCUT2D eigenvalue weighted by molar-refractivity contribution is 9.10. The van der Waals surface area contributed by atoms with Gasteiger partial charge in [0.25, 0.3) is 0 Å². The van der Waals surface area contributed by atoms with Crippen molar-refractivity contribution in [3.05, 3.63) is 63.8 Å². The molecule has 0 saturated heterocycles. The van der Waals surface area contributed by atoms with E-state index in [-0.39, 0.29) is 12.5 Å². The van der Waals surface area contributed by atoms with Crippen LogP contribution in [0.1, 0.15) is 11.1 Å². The molecular weight excluding hydrogens is 362 g/mol. The highest BCUT2D eigenvalue weighted by Gasteiger charge is 2.25. The molecule has 0 bridgehead atoms. The summed E-state index contributed by atoms with van der Waals surface area (Å²) in [5, 5.41) is 0. The fraction of sp³-hybridized carbons (Fsp3) is 0.0588. The van der Waals surface area contributed by atoms with E-state index >= 15 is 0 Å². The second-order valence-corrected chi connectivity index (χ2v) is 5.78. The molecule has 0 saturated carbocycles. The summed E-state index contributed by atoms with van der Waals surface area (Å²) >= 11 is 3.46. The summed E-state index contributed by atoms with van der Waals surface area (Å²) in [5.41, 5.74) is 1.76. The molecule has 0 aromatic heterocycles. The zero-order valence-corrected chi connectivity index (χ0v) is 13.4. The molecule has 4 rings (SSSR count). The van der Waals surface area contributed by atoms with Crippen LogP contribution < -0.4 is 9.47 Å². The van der Waals surface area contributed by atoms with Crippen LogP contribution in [0.25, 0.3) is 6.08 Å². The Morgan fingerprint density at radius 1 is 1.09 bits per heavy atom. The number of ether oxygens (including phenoxy) is 3. The molecule has 2 heterocycles. The third-order valence-electron chi connectivity index (χ3n) is 3.43. The Labute approximate surface area is 140 Å². The fourth-order valence-corrected chi connectivity index (χ4v) is 2.74. The summed E-state index contributed by atoms with van der Waals surface area (Å²) in [6, 6.07) is 12.9. The van der Waals surface area contributed by atoms with Gasteiger partial charge in [-0.05, 0) is 35.9 Å². The number of hydrogen-bond acceptors (Lipinski definition) is 5. The highest BCUT2D eigenvalue weighted by atomic mass is 79.9. The number of cyclic esters (lactones) is 1. The number of fused-ring (bicyclic) bond motifs is 1. The van der Waals surface area contributed by atoms with E-state index in [4.69, 9.17) is 14.2 Å². The van der Waals surface area contributed by atoms with Crippen LogP contribution in [0.4, 0.5) is 0 Å². The van der Waals surface area contributed by atoms with Gasteiger partial charge in [-0.1, -0.05) is 34.1 Å². The number of benzene rings is 2. The van der Waals surface area contributed by atoms with Gasteiger partial charge < -0.3 is 14.2 Å². The van der Waals surface area contributed by atoms with Gasteiger partial charge in [0, 0.05) is 10.0 Å². The van der Waals surface area contributed by atoms with Gasteiger partial charge >= 0.3 is 5.97 Å². The number of carbonyl (C=O) groups excluding carboxylic acids is 1. The normalized spacial score (nSPS) is 17.3. The molecule has 0 amide bonds. The smallest absolute Gasteiger partial charge is 0.363 e. The van der Waals surface area contributed by atoms with Crippen molar-refractivity contribution in [1.29, 1.82) is 0 Å². The van der Waals surface area contributed by atoms with Crippen LogP contribution in [0.2, 0.25) is 0 Å². The number of hydrogen-bond donors (Lipinski definition) is 0. The molecular formula is C17H10BrNO4. The molecule has 114 valence electrons. The molecule has 0 unspecified atom stereocenters. The number of aliphatic imine (C=N–C) groups is 1. The van der Waals surface area contributed by atoms with E-state index in [1.54, 1.807) is 18.2 Å². The predicted molar refractivity (Wildman–Crippen MR) is 87.3 cm³/mol. The Morgan fingerprint density at radius 3 is 2.61 bits per heavy atom. The summed E-state index contributed by atoms with van der Waals surface area (Å²) in [7, 11) is 0. The van der Waals surface area contributed by atoms with Gasteiger partial charge in [0.2, 0.25) is 12.7 Å². The summed E-state index contributed by atoms with van der Waals surface area (Å²) in [6.45, 7) is 0.195. The molecule has 0 spiro atoms. The van der Waals surface area contributed by atoms with Crippen LogP contribution in [0, 0.1) is 0 Å². The number of rotatable bonds is 2. The standard InChI is InChI=1S/C17H10BrNO4/c18-12-8-15-14(21-9-22-15)7-11(12)6-13-17(20)23-16(19-13)10-4-2-1-3-5-10/h1-8H,9H2/b13-6+. The maximum absolute atomic E-state index is 12.0. The Balaban J connectivity index is 1.71. The second-order valence-electron chi connectivity index (χ2n) is 4.93. The van der Waals surface area contributed by atoms with Crippen LogP contribution in [0.3, 0.4) is 0 Å². The topological polar surface area (TPSA) is 57.1 Å². The van der Waals surface area contributed by atoms with E-state index in [2.05, 4.69) is 20.9 Å². The molecule has 23 heavy (non-hydrogen) atoms. The van der Waals surface area contributed by atoms with Crippen LogP contribution in [0.15, 0.2) is 57.6 Å². The first-order chi connectivity index (χ1) is 11.2. The van der Waals surface area contributed by atoms with Gasteiger partial charge in [-0.3, -0.25) is 0 Å². The highest BCUT2D eigenvalue weighted by Crippen LogP contribution is 2.38. The summed E-state index contributed by atoms with van der Waals surface area (Å²) in [6.07, 6.45) is 1.66. The molecule has 0 radical (unpaired) electrons. The summed E-state index contributed by atoms with van der Waals surface area (Å²) < 4.78 is 16.7. The van der Waals surface area contributed by atoms with E-state index < -0.39 is 5.97 Å². The van der Waals surface area contributed by atoms with Crippen molar-refractivity contribution in [3.63, 3.8) is 0 Å². The lowest BCUT2D eigenvalue weighted by Crippen LogP contribution is -2.04. The van der Waals surface area contributed by atoms with Crippen molar-refractivity contribution >= 4 is 33.9 Å². The number of carbonyl (C=O) groups is 1. The third-order valence-corrected chi connectivity index (χ3v) is 4.11. The molecule has 5 nitrogen and oxygen atoms in total. The monoisotopic (exact) mass is 371 g/mol. The Bertz CT molecular complexity index is 858. The Hall–Kier alpha value is -2.60. The number of esters is 1. The van der Waals surface area contributed by atoms with Gasteiger partial charge in [0.15, 0.2) is 17.2 Å². The van der Waals surface area contributed by atoms with Crippen LogP contribution in [0.5, 0.6) is 11.5 Å².